The number of benzene rings is 10. The Bertz CT molecular complexity index is 3810. The van der Waals surface area contributed by atoms with Crippen LogP contribution in [0.4, 0.5) is 0 Å². The van der Waals surface area contributed by atoms with E-state index in [0.717, 1.165) is 87.7 Å². The van der Waals surface area contributed by atoms with Gasteiger partial charge in [-0.2, -0.15) is 0 Å². The lowest BCUT2D eigenvalue weighted by molar-refractivity contribution is 0.669. The second kappa shape index (κ2) is 12.7. The Morgan fingerprint density at radius 2 is 0.817 bits per heavy atom. The van der Waals surface area contributed by atoms with Crippen molar-refractivity contribution in [2.75, 3.05) is 0 Å². The molecule has 0 atom stereocenters. The molecule has 0 aliphatic carbocycles. The number of hydrogen-bond acceptors (Lipinski definition) is 4. The van der Waals surface area contributed by atoms with Crippen LogP contribution in [-0.4, -0.2) is 19.5 Å². The summed E-state index contributed by atoms with van der Waals surface area (Å²) in [6.45, 7) is 0. The molecule has 60 heavy (non-hydrogen) atoms. The summed E-state index contributed by atoms with van der Waals surface area (Å²) in [7, 11) is 0. The standard InChI is InChI=1S/C55H32N4O/c1-2-17-36-31-47-45(30-35(36)16-1)40-23-9-10-28-46(40)59(47)48-32-50-51(41-24-8-7-22-39(41)48)52-44(27-13-29-49(52)60-50)55-57-53(42-25-11-18-33-14-3-5-20-37(33)42)56-54(58-55)43-26-12-19-34-15-4-6-21-38(34)43/h1-32H. The minimum atomic E-state index is 0.589. The zero-order valence-corrected chi connectivity index (χ0v) is 32.2. The fraction of sp³-hybridized carbons (Fsp3) is 0. The van der Waals surface area contributed by atoms with E-state index < -0.39 is 0 Å². The van der Waals surface area contributed by atoms with Crippen molar-refractivity contribution in [2.24, 2.45) is 0 Å². The van der Waals surface area contributed by atoms with Crippen LogP contribution in [-0.2, 0) is 0 Å². The first kappa shape index (κ1) is 32.9. The lowest BCUT2D eigenvalue weighted by Gasteiger charge is -2.14. The molecule has 0 aliphatic rings. The van der Waals surface area contributed by atoms with Crippen molar-refractivity contribution in [3.8, 4) is 39.9 Å². The molecule has 5 nitrogen and oxygen atoms in total. The average molecular weight is 765 g/mol. The maximum absolute atomic E-state index is 6.92. The molecular formula is C55H32N4O. The van der Waals surface area contributed by atoms with Crippen molar-refractivity contribution in [3.63, 3.8) is 0 Å². The molecule has 5 heteroatoms. The molecule has 13 rings (SSSR count). The molecule has 0 amide bonds. The summed E-state index contributed by atoms with van der Waals surface area (Å²) in [6.07, 6.45) is 0. The first-order chi connectivity index (χ1) is 29.7. The van der Waals surface area contributed by atoms with Crippen molar-refractivity contribution in [3.05, 3.63) is 194 Å². The molecule has 0 bridgehead atoms. The van der Waals surface area contributed by atoms with Crippen molar-refractivity contribution in [1.29, 1.82) is 0 Å². The van der Waals surface area contributed by atoms with E-state index in [1.165, 1.54) is 21.5 Å². The van der Waals surface area contributed by atoms with Gasteiger partial charge < -0.3 is 8.98 Å². The predicted octanol–water partition coefficient (Wildman–Crippen LogP) is 14.5. The number of rotatable bonds is 4. The zero-order chi connectivity index (χ0) is 39.3. The van der Waals surface area contributed by atoms with Gasteiger partial charge in [0.05, 0.1) is 16.7 Å². The Kier molecular flexibility index (Phi) is 6.95. The first-order valence-corrected chi connectivity index (χ1v) is 20.3. The zero-order valence-electron chi connectivity index (χ0n) is 32.2. The minimum absolute atomic E-state index is 0.589. The van der Waals surface area contributed by atoms with Gasteiger partial charge in [-0.1, -0.05) is 164 Å². The summed E-state index contributed by atoms with van der Waals surface area (Å²) in [5.41, 5.74) is 7.74. The number of aromatic nitrogens is 4. The molecule has 13 aromatic rings. The van der Waals surface area contributed by atoms with Gasteiger partial charge >= 0.3 is 0 Å². The molecule has 0 aliphatic heterocycles. The van der Waals surface area contributed by atoms with Gasteiger partial charge in [0.2, 0.25) is 0 Å². The smallest absolute Gasteiger partial charge is 0.164 e. The highest BCUT2D eigenvalue weighted by molar-refractivity contribution is 6.25. The summed E-state index contributed by atoms with van der Waals surface area (Å²) >= 11 is 0. The summed E-state index contributed by atoms with van der Waals surface area (Å²) < 4.78 is 9.32. The van der Waals surface area contributed by atoms with E-state index >= 15 is 0 Å². The van der Waals surface area contributed by atoms with Crippen LogP contribution < -0.4 is 0 Å². The molecule has 3 aromatic heterocycles. The third-order valence-corrected chi connectivity index (χ3v) is 12.2. The summed E-state index contributed by atoms with van der Waals surface area (Å²) in [6, 6.07) is 68.5. The summed E-state index contributed by atoms with van der Waals surface area (Å²) in [5.74, 6) is 1.83. The highest BCUT2D eigenvalue weighted by Gasteiger charge is 2.23. The topological polar surface area (TPSA) is 56.7 Å². The third kappa shape index (κ3) is 4.84. The van der Waals surface area contributed by atoms with Crippen LogP contribution in [0.1, 0.15) is 0 Å². The molecule has 0 unspecified atom stereocenters. The van der Waals surface area contributed by atoms with E-state index in [0.29, 0.717) is 17.5 Å². The van der Waals surface area contributed by atoms with E-state index in [-0.39, 0.29) is 0 Å². The highest BCUT2D eigenvalue weighted by atomic mass is 16.3. The second-order valence-corrected chi connectivity index (χ2v) is 15.5. The molecule has 3 heterocycles. The van der Waals surface area contributed by atoms with Crippen LogP contribution in [0.3, 0.4) is 0 Å². The van der Waals surface area contributed by atoms with Gasteiger partial charge in [-0.3, -0.25) is 0 Å². The maximum atomic E-state index is 6.92. The van der Waals surface area contributed by atoms with Crippen LogP contribution in [0.5, 0.6) is 0 Å². The van der Waals surface area contributed by atoms with Gasteiger partial charge in [-0.25, -0.2) is 15.0 Å². The first-order valence-electron chi connectivity index (χ1n) is 20.3. The van der Waals surface area contributed by atoms with Crippen LogP contribution in [0.15, 0.2) is 199 Å². The Morgan fingerprint density at radius 1 is 0.317 bits per heavy atom. The van der Waals surface area contributed by atoms with Gasteiger partial charge in [0.25, 0.3) is 0 Å². The average Bonchev–Trinajstić information content (AvgIpc) is 3.85. The molecule has 0 spiro atoms. The van der Waals surface area contributed by atoms with Gasteiger partial charge in [-0.15, -0.1) is 0 Å². The quantitative estimate of drug-likeness (QED) is 0.179. The number of para-hydroxylation sites is 1. The van der Waals surface area contributed by atoms with E-state index in [2.05, 4.69) is 193 Å². The molecule has 0 saturated carbocycles. The van der Waals surface area contributed by atoms with Crippen molar-refractivity contribution >= 4 is 86.8 Å². The van der Waals surface area contributed by atoms with Gasteiger partial charge in [0, 0.05) is 49.7 Å². The molecule has 0 saturated heterocycles. The Morgan fingerprint density at radius 3 is 1.50 bits per heavy atom. The van der Waals surface area contributed by atoms with Crippen molar-refractivity contribution in [2.45, 2.75) is 0 Å². The maximum Gasteiger partial charge on any atom is 0.164 e. The molecule has 0 radical (unpaired) electrons. The number of fused-ring (bicyclic) bond motifs is 11. The monoisotopic (exact) mass is 764 g/mol. The van der Waals surface area contributed by atoms with E-state index in [9.17, 15) is 0 Å². The lowest BCUT2D eigenvalue weighted by atomic mass is 9.98. The minimum Gasteiger partial charge on any atom is -0.456 e. The van der Waals surface area contributed by atoms with Crippen LogP contribution >= 0.6 is 0 Å². The van der Waals surface area contributed by atoms with E-state index in [1.807, 2.05) is 6.07 Å². The van der Waals surface area contributed by atoms with E-state index in [4.69, 9.17) is 19.4 Å². The lowest BCUT2D eigenvalue weighted by Crippen LogP contribution is -2.01. The molecule has 10 aromatic carbocycles. The predicted molar refractivity (Wildman–Crippen MR) is 248 cm³/mol. The Labute approximate surface area is 343 Å². The van der Waals surface area contributed by atoms with Crippen molar-refractivity contribution in [1.82, 2.24) is 19.5 Å². The number of furan rings is 1. The molecule has 0 fully saturated rings. The van der Waals surface area contributed by atoms with Crippen LogP contribution in [0.2, 0.25) is 0 Å². The van der Waals surface area contributed by atoms with Crippen LogP contribution in [0.25, 0.3) is 127 Å². The van der Waals surface area contributed by atoms with Gasteiger partial charge in [-0.05, 0) is 62.0 Å². The van der Waals surface area contributed by atoms with Crippen molar-refractivity contribution < 1.29 is 4.42 Å². The SMILES string of the molecule is c1ccc2cc3c(cc2c1)c1ccccc1n3-c1cc2oc3cccc(-c4nc(-c5cccc6ccccc56)nc(-c5cccc6ccccc56)n4)c3c2c2ccccc12. The molecule has 0 N–H and O–H groups in total. The normalized spacial score (nSPS) is 12.0. The third-order valence-electron chi connectivity index (χ3n) is 12.2. The summed E-state index contributed by atoms with van der Waals surface area (Å²) in [5, 5.41) is 13.5. The van der Waals surface area contributed by atoms with Crippen LogP contribution in [0, 0.1) is 0 Å². The largest absolute Gasteiger partial charge is 0.456 e. The molecular weight excluding hydrogens is 733 g/mol. The van der Waals surface area contributed by atoms with Gasteiger partial charge in [0.15, 0.2) is 17.5 Å². The summed E-state index contributed by atoms with van der Waals surface area (Å²) in [4.78, 5) is 15.9. The highest BCUT2D eigenvalue weighted by Crippen LogP contribution is 2.44. The second-order valence-electron chi connectivity index (χ2n) is 15.5. The Hall–Kier alpha value is -8.15. The number of hydrogen-bond donors (Lipinski definition) is 0. The fourth-order valence-corrected chi connectivity index (χ4v) is 9.53. The molecule has 278 valence electrons. The Balaban J connectivity index is 1.11. The van der Waals surface area contributed by atoms with E-state index in [1.54, 1.807) is 0 Å². The van der Waals surface area contributed by atoms with Gasteiger partial charge in [0.1, 0.15) is 11.2 Å². The fourth-order valence-electron chi connectivity index (χ4n) is 9.53. The number of nitrogens with zero attached hydrogens (tertiary/aromatic N) is 4.